The number of piperidine rings is 1. The molecule has 1 aliphatic heterocycles. The van der Waals surface area contributed by atoms with Gasteiger partial charge in [-0.3, -0.25) is 4.90 Å². The minimum Gasteiger partial charge on any atom is -0.293 e. The van der Waals surface area contributed by atoms with Gasteiger partial charge in [-0.25, -0.2) is 8.78 Å². The summed E-state index contributed by atoms with van der Waals surface area (Å²) >= 11 is 2.06. The summed E-state index contributed by atoms with van der Waals surface area (Å²) in [4.78, 5) is 1.88. The number of hydrogen-bond donors (Lipinski definition) is 0. The van der Waals surface area contributed by atoms with E-state index in [1.54, 1.807) is 0 Å². The van der Waals surface area contributed by atoms with Crippen LogP contribution < -0.4 is 0 Å². The number of alkyl halides is 3. The Hall–Kier alpha value is 0.550. The van der Waals surface area contributed by atoms with Crippen LogP contribution in [0.4, 0.5) is 8.78 Å². The van der Waals surface area contributed by atoms with Gasteiger partial charge in [-0.2, -0.15) is 0 Å². The molecule has 1 nitrogen and oxygen atoms in total. The van der Waals surface area contributed by atoms with E-state index >= 15 is 0 Å². The molecule has 4 heteroatoms. The van der Waals surface area contributed by atoms with E-state index in [1.807, 2.05) is 25.7 Å². The van der Waals surface area contributed by atoms with E-state index in [2.05, 4.69) is 22.6 Å². The summed E-state index contributed by atoms with van der Waals surface area (Å²) in [6.07, 6.45) is 0.618. The van der Waals surface area contributed by atoms with Crippen molar-refractivity contribution in [1.29, 1.82) is 0 Å². The number of nitrogens with zero attached hydrogens (tertiary/aromatic N) is 1. The summed E-state index contributed by atoms with van der Waals surface area (Å²) < 4.78 is 27.8. The Labute approximate surface area is 98.4 Å². The quantitative estimate of drug-likeness (QED) is 0.530. The van der Waals surface area contributed by atoms with E-state index in [0.29, 0.717) is 10.8 Å². The molecule has 0 N–H and O–H groups in total. The maximum absolute atomic E-state index is 13.6. The minimum absolute atomic E-state index is 0.0792. The van der Waals surface area contributed by atoms with Crippen molar-refractivity contribution < 1.29 is 8.78 Å². The van der Waals surface area contributed by atoms with Crippen LogP contribution in [0.3, 0.4) is 0 Å². The second-order valence-corrected chi connectivity index (χ2v) is 5.87. The van der Waals surface area contributed by atoms with Gasteiger partial charge in [0.2, 0.25) is 0 Å². The molecule has 0 aromatic carbocycles. The highest BCUT2D eigenvalue weighted by atomic mass is 127. The molecule has 0 spiro atoms. The summed E-state index contributed by atoms with van der Waals surface area (Å²) in [5.41, 5.74) is -0.139. The number of hydrogen-bond acceptors (Lipinski definition) is 1. The third-order valence-corrected chi connectivity index (χ3v) is 3.94. The van der Waals surface area contributed by atoms with Crippen molar-refractivity contribution in [2.75, 3.05) is 17.5 Å². The molecule has 1 rings (SSSR count). The molecule has 1 fully saturated rings. The first-order valence-electron chi connectivity index (χ1n) is 4.96. The van der Waals surface area contributed by atoms with Crippen LogP contribution >= 0.6 is 22.6 Å². The molecule has 0 aliphatic carbocycles. The highest BCUT2D eigenvalue weighted by Gasteiger charge is 2.45. The molecule has 0 radical (unpaired) electrons. The van der Waals surface area contributed by atoms with E-state index in [1.165, 1.54) is 0 Å². The molecule has 0 bridgehead atoms. The Morgan fingerprint density at radius 3 is 2.36 bits per heavy atom. The molecule has 0 saturated carbocycles. The van der Waals surface area contributed by atoms with Gasteiger partial charge in [0.25, 0.3) is 5.92 Å². The zero-order chi connectivity index (χ0) is 11.0. The highest BCUT2D eigenvalue weighted by molar-refractivity contribution is 14.1. The fraction of sp³-hybridized carbons (Fsp3) is 1.00. The minimum atomic E-state index is -2.51. The van der Waals surface area contributed by atoms with Crippen molar-refractivity contribution in [3.05, 3.63) is 0 Å². The van der Waals surface area contributed by atoms with Crippen molar-refractivity contribution >= 4 is 22.6 Å². The maximum atomic E-state index is 13.6. The average Bonchev–Trinajstić information content (AvgIpc) is 2.00. The standard InChI is InChI=1S/C10H18F2IN/c1-9(2,3)14-5-4-8(6-13)10(11,12)7-14/h8H,4-7H2,1-3H3. The van der Waals surface area contributed by atoms with Crippen LogP contribution in [0.1, 0.15) is 27.2 Å². The van der Waals surface area contributed by atoms with Crippen molar-refractivity contribution in [2.45, 2.75) is 38.7 Å². The topological polar surface area (TPSA) is 3.24 Å². The van der Waals surface area contributed by atoms with E-state index in [0.717, 1.165) is 6.54 Å². The predicted octanol–water partition coefficient (Wildman–Crippen LogP) is 3.18. The number of halogens is 3. The SMILES string of the molecule is CC(C)(C)N1CCC(CI)C(F)(F)C1. The summed E-state index contributed by atoms with van der Waals surface area (Å²) in [6.45, 7) is 6.70. The zero-order valence-corrected chi connectivity index (χ0v) is 11.1. The second kappa shape index (κ2) is 4.20. The van der Waals surface area contributed by atoms with Gasteiger partial charge in [0.05, 0.1) is 6.54 Å². The first-order valence-corrected chi connectivity index (χ1v) is 6.49. The summed E-state index contributed by atoms with van der Waals surface area (Å²) in [5.74, 6) is -2.94. The van der Waals surface area contributed by atoms with Gasteiger partial charge in [-0.05, 0) is 33.7 Å². The largest absolute Gasteiger partial charge is 0.293 e. The van der Waals surface area contributed by atoms with Crippen molar-refractivity contribution in [3.8, 4) is 0 Å². The molecular formula is C10H18F2IN. The van der Waals surface area contributed by atoms with Gasteiger partial charge in [0.15, 0.2) is 0 Å². The Bertz CT molecular complexity index is 201. The van der Waals surface area contributed by atoms with E-state index < -0.39 is 11.8 Å². The normalized spacial score (nSPS) is 29.1. The third-order valence-electron chi connectivity index (χ3n) is 2.88. The summed E-state index contributed by atoms with van der Waals surface area (Å²) in [5, 5.41) is 0. The van der Waals surface area contributed by atoms with Crippen LogP contribution in [0.15, 0.2) is 0 Å². The second-order valence-electron chi connectivity index (χ2n) is 4.99. The predicted molar refractivity (Wildman–Crippen MR) is 63.3 cm³/mol. The molecule has 14 heavy (non-hydrogen) atoms. The van der Waals surface area contributed by atoms with Gasteiger partial charge < -0.3 is 0 Å². The summed E-state index contributed by atoms with van der Waals surface area (Å²) in [6, 6.07) is 0. The van der Waals surface area contributed by atoms with Crippen LogP contribution in [0.5, 0.6) is 0 Å². The fourth-order valence-electron chi connectivity index (χ4n) is 1.75. The average molecular weight is 317 g/mol. The van der Waals surface area contributed by atoms with Gasteiger partial charge in [-0.15, -0.1) is 0 Å². The molecule has 1 aliphatic rings. The van der Waals surface area contributed by atoms with Crippen LogP contribution in [0, 0.1) is 5.92 Å². The molecule has 0 aromatic rings. The third kappa shape index (κ3) is 2.78. The number of likely N-dealkylation sites (tertiary alicyclic amines) is 1. The number of rotatable bonds is 1. The van der Waals surface area contributed by atoms with Crippen LogP contribution in [-0.2, 0) is 0 Å². The van der Waals surface area contributed by atoms with Gasteiger partial charge in [0, 0.05) is 15.9 Å². The molecule has 0 amide bonds. The molecule has 1 unspecified atom stereocenters. The van der Waals surface area contributed by atoms with E-state index in [4.69, 9.17) is 0 Å². The molecule has 84 valence electrons. The molecule has 1 heterocycles. The Morgan fingerprint density at radius 2 is 2.00 bits per heavy atom. The van der Waals surface area contributed by atoms with Gasteiger partial charge >= 0.3 is 0 Å². The lowest BCUT2D eigenvalue weighted by atomic mass is 9.91. The van der Waals surface area contributed by atoms with Crippen molar-refractivity contribution in [3.63, 3.8) is 0 Å². The monoisotopic (exact) mass is 317 g/mol. The lowest BCUT2D eigenvalue weighted by Gasteiger charge is -2.44. The van der Waals surface area contributed by atoms with E-state index in [-0.39, 0.29) is 12.1 Å². The van der Waals surface area contributed by atoms with Crippen LogP contribution in [-0.4, -0.2) is 33.9 Å². The van der Waals surface area contributed by atoms with E-state index in [9.17, 15) is 8.78 Å². The first-order chi connectivity index (χ1) is 6.27. The first kappa shape index (κ1) is 12.6. The lowest BCUT2D eigenvalue weighted by molar-refractivity contribution is -0.120. The maximum Gasteiger partial charge on any atom is 0.264 e. The van der Waals surface area contributed by atoms with Gasteiger partial charge in [-0.1, -0.05) is 22.6 Å². The molecular weight excluding hydrogens is 299 g/mol. The lowest BCUT2D eigenvalue weighted by Crippen LogP contribution is -2.55. The Kier molecular flexibility index (Phi) is 3.78. The fourth-order valence-corrected chi connectivity index (χ4v) is 2.83. The highest BCUT2D eigenvalue weighted by Crippen LogP contribution is 2.36. The smallest absolute Gasteiger partial charge is 0.264 e. The molecule has 0 aromatic heterocycles. The van der Waals surface area contributed by atoms with Crippen LogP contribution in [0.25, 0.3) is 0 Å². The van der Waals surface area contributed by atoms with Crippen molar-refractivity contribution in [2.24, 2.45) is 5.92 Å². The van der Waals surface area contributed by atoms with Crippen molar-refractivity contribution in [1.82, 2.24) is 4.90 Å². The van der Waals surface area contributed by atoms with Gasteiger partial charge in [0.1, 0.15) is 0 Å². The molecule has 1 saturated heterocycles. The molecule has 1 atom stereocenters. The Morgan fingerprint density at radius 1 is 1.43 bits per heavy atom. The zero-order valence-electron chi connectivity index (χ0n) is 8.99. The van der Waals surface area contributed by atoms with Crippen LogP contribution in [0.2, 0.25) is 0 Å². The summed E-state index contributed by atoms with van der Waals surface area (Å²) in [7, 11) is 0. The Balaban J connectivity index is 2.67.